The van der Waals surface area contributed by atoms with Gasteiger partial charge in [0.15, 0.2) is 0 Å². The Bertz CT molecular complexity index is 567. The number of thioether (sulfide) groups is 1. The van der Waals surface area contributed by atoms with Crippen molar-refractivity contribution in [3.63, 3.8) is 0 Å². The zero-order valence-corrected chi connectivity index (χ0v) is 12.7. The van der Waals surface area contributed by atoms with Crippen LogP contribution in [0.1, 0.15) is 25.2 Å². The first-order valence-corrected chi connectivity index (χ1v) is 8.45. The Morgan fingerprint density at radius 3 is 2.30 bits per heavy atom. The first kappa shape index (κ1) is 17.3. The molecule has 2 N–H and O–H groups in total. The van der Waals surface area contributed by atoms with Crippen molar-refractivity contribution in [3.8, 4) is 0 Å². The third kappa shape index (κ3) is 4.38. The van der Waals surface area contributed by atoms with Gasteiger partial charge in [-0.1, -0.05) is 13.8 Å². The molecule has 1 aromatic heterocycles. The molecular formula is C10H16F3N3O2S2. The predicted molar refractivity (Wildman–Crippen MR) is 70.9 cm³/mol. The average molecular weight is 331 g/mol. The quantitative estimate of drug-likeness (QED) is 0.864. The number of alkyl halides is 3. The van der Waals surface area contributed by atoms with E-state index in [0.717, 1.165) is 0 Å². The highest BCUT2D eigenvalue weighted by Gasteiger charge is 2.29. The number of primary sulfonamides is 1. The van der Waals surface area contributed by atoms with E-state index in [2.05, 4.69) is 5.10 Å². The molecule has 0 amide bonds. The molecule has 0 aliphatic carbocycles. The first-order valence-electron chi connectivity index (χ1n) is 5.92. The number of nitrogens with two attached hydrogens (primary N) is 1. The smallest absolute Gasteiger partial charge is 0.267 e. The lowest BCUT2D eigenvalue weighted by Crippen LogP contribution is -2.16. The molecule has 1 heterocycles. The van der Waals surface area contributed by atoms with Crippen molar-refractivity contribution in [1.29, 1.82) is 0 Å². The summed E-state index contributed by atoms with van der Waals surface area (Å²) in [6.45, 7) is 3.40. The van der Waals surface area contributed by atoms with Crippen LogP contribution in [0.2, 0.25) is 0 Å². The number of aryl methyl sites for hydroxylation is 2. The van der Waals surface area contributed by atoms with Crippen LogP contribution < -0.4 is 5.14 Å². The van der Waals surface area contributed by atoms with Crippen LogP contribution in [0.3, 0.4) is 0 Å². The lowest BCUT2D eigenvalue weighted by atomic mass is 10.2. The summed E-state index contributed by atoms with van der Waals surface area (Å²) in [4.78, 5) is -0.0560. The summed E-state index contributed by atoms with van der Waals surface area (Å²) in [7, 11) is -3.93. The highest BCUT2D eigenvalue weighted by molar-refractivity contribution is 8.00. The normalized spacial score (nSPS) is 12.9. The van der Waals surface area contributed by atoms with Gasteiger partial charge in [0, 0.05) is 5.75 Å². The minimum atomic E-state index is -4.31. The molecular weight excluding hydrogens is 315 g/mol. The van der Waals surface area contributed by atoms with E-state index in [1.165, 1.54) is 4.68 Å². The monoisotopic (exact) mass is 331 g/mol. The molecule has 0 unspecified atom stereocenters. The molecule has 116 valence electrons. The van der Waals surface area contributed by atoms with Crippen LogP contribution in [0.4, 0.5) is 13.2 Å². The third-order valence-corrected chi connectivity index (χ3v) is 4.35. The van der Waals surface area contributed by atoms with Gasteiger partial charge in [-0.2, -0.15) is 18.3 Å². The van der Waals surface area contributed by atoms with Gasteiger partial charge in [0.2, 0.25) is 10.0 Å². The zero-order valence-electron chi connectivity index (χ0n) is 11.1. The molecule has 0 saturated heterocycles. The molecule has 5 nitrogen and oxygen atoms in total. The van der Waals surface area contributed by atoms with E-state index in [0.29, 0.717) is 24.2 Å². The largest absolute Gasteiger partial charge is 0.441 e. The molecule has 1 aromatic rings. The molecule has 0 aromatic carbocycles. The van der Waals surface area contributed by atoms with E-state index in [1.54, 1.807) is 13.8 Å². The van der Waals surface area contributed by atoms with Crippen LogP contribution in [-0.2, 0) is 29.4 Å². The van der Waals surface area contributed by atoms with Gasteiger partial charge in [0.05, 0.1) is 17.9 Å². The Kier molecular flexibility index (Phi) is 5.50. The predicted octanol–water partition coefficient (Wildman–Crippen LogP) is 1.91. The van der Waals surface area contributed by atoms with Gasteiger partial charge in [-0.3, -0.25) is 4.68 Å². The highest BCUT2D eigenvalue weighted by atomic mass is 32.2. The lowest BCUT2D eigenvalue weighted by molar-refractivity contribution is -0.0328. The standard InChI is InChI=1S/C10H16F3N3O2S2/c1-3-7-9(20(14,17)18)8(4-2)16(15-7)5-6-19-10(11,12)13/h3-6H2,1-2H3,(H2,14,17,18). The van der Waals surface area contributed by atoms with Crippen LogP contribution in [0, 0.1) is 0 Å². The first-order chi connectivity index (χ1) is 9.10. The van der Waals surface area contributed by atoms with Crippen molar-refractivity contribution < 1.29 is 21.6 Å². The maximum absolute atomic E-state index is 12.1. The fourth-order valence-electron chi connectivity index (χ4n) is 1.87. The number of hydrogen-bond donors (Lipinski definition) is 1. The summed E-state index contributed by atoms with van der Waals surface area (Å²) in [5.74, 6) is -0.231. The summed E-state index contributed by atoms with van der Waals surface area (Å²) >= 11 is -0.164. The summed E-state index contributed by atoms with van der Waals surface area (Å²) in [5.41, 5.74) is -3.66. The SMILES string of the molecule is CCc1nn(CCSC(F)(F)F)c(CC)c1S(N)(=O)=O. The van der Waals surface area contributed by atoms with Gasteiger partial charge in [-0.15, -0.1) is 0 Å². The minimum Gasteiger partial charge on any atom is -0.267 e. The van der Waals surface area contributed by atoms with Gasteiger partial charge in [0.1, 0.15) is 4.90 Å². The molecule has 1 rings (SSSR count). The number of rotatable bonds is 6. The number of sulfonamides is 1. The van der Waals surface area contributed by atoms with E-state index >= 15 is 0 Å². The van der Waals surface area contributed by atoms with E-state index in [4.69, 9.17) is 5.14 Å². The second kappa shape index (κ2) is 6.35. The van der Waals surface area contributed by atoms with Crippen LogP contribution >= 0.6 is 11.8 Å². The van der Waals surface area contributed by atoms with Crippen LogP contribution in [0.5, 0.6) is 0 Å². The molecule has 10 heteroatoms. The third-order valence-electron chi connectivity index (χ3n) is 2.60. The fraction of sp³-hybridized carbons (Fsp3) is 0.700. The Hall–Kier alpha value is -0.740. The number of nitrogens with zero attached hydrogens (tertiary/aromatic N) is 2. The molecule has 0 bridgehead atoms. The summed E-state index contributed by atoms with van der Waals surface area (Å²) in [5, 5.41) is 9.22. The van der Waals surface area contributed by atoms with E-state index in [9.17, 15) is 21.6 Å². The molecule has 0 aliphatic heterocycles. The fourth-order valence-corrected chi connectivity index (χ4v) is 3.46. The second-order valence-corrected chi connectivity index (χ2v) is 6.65. The summed E-state index contributed by atoms with van der Waals surface area (Å²) < 4.78 is 60.8. The van der Waals surface area contributed by atoms with Crippen LogP contribution in [0.15, 0.2) is 4.90 Å². The van der Waals surface area contributed by atoms with E-state index < -0.39 is 15.5 Å². The summed E-state index contributed by atoms with van der Waals surface area (Å²) in [6, 6.07) is 0. The maximum atomic E-state index is 12.1. The van der Waals surface area contributed by atoms with Crippen molar-refractivity contribution in [2.24, 2.45) is 5.14 Å². The number of hydrogen-bond acceptors (Lipinski definition) is 4. The lowest BCUT2D eigenvalue weighted by Gasteiger charge is -2.08. The van der Waals surface area contributed by atoms with E-state index in [-0.39, 0.29) is 29.0 Å². The van der Waals surface area contributed by atoms with Crippen molar-refractivity contribution in [2.45, 2.75) is 43.6 Å². The molecule has 0 fully saturated rings. The van der Waals surface area contributed by atoms with Crippen molar-refractivity contribution in [2.75, 3.05) is 5.75 Å². The van der Waals surface area contributed by atoms with Crippen LogP contribution in [-0.4, -0.2) is 29.5 Å². The van der Waals surface area contributed by atoms with Gasteiger partial charge >= 0.3 is 5.51 Å². The zero-order chi connectivity index (χ0) is 15.6. The van der Waals surface area contributed by atoms with Crippen molar-refractivity contribution >= 4 is 21.8 Å². The van der Waals surface area contributed by atoms with Gasteiger partial charge in [0.25, 0.3) is 0 Å². The molecule has 0 atom stereocenters. The Labute approximate surface area is 119 Å². The molecule has 0 spiro atoms. The number of aromatic nitrogens is 2. The summed E-state index contributed by atoms with van der Waals surface area (Å²) in [6.07, 6.45) is 0.674. The Morgan fingerprint density at radius 2 is 1.90 bits per heavy atom. The molecule has 0 saturated carbocycles. The van der Waals surface area contributed by atoms with Crippen molar-refractivity contribution in [1.82, 2.24) is 9.78 Å². The molecule has 20 heavy (non-hydrogen) atoms. The van der Waals surface area contributed by atoms with Crippen LogP contribution in [0.25, 0.3) is 0 Å². The Balaban J connectivity index is 3.07. The Morgan fingerprint density at radius 1 is 1.30 bits per heavy atom. The maximum Gasteiger partial charge on any atom is 0.441 e. The minimum absolute atomic E-state index is 0.0180. The molecule has 0 aliphatic rings. The average Bonchev–Trinajstić information content (AvgIpc) is 2.65. The van der Waals surface area contributed by atoms with Crippen molar-refractivity contribution in [3.05, 3.63) is 11.4 Å². The van der Waals surface area contributed by atoms with Gasteiger partial charge in [-0.05, 0) is 24.6 Å². The van der Waals surface area contributed by atoms with Gasteiger partial charge in [-0.25, -0.2) is 13.6 Å². The highest BCUT2D eigenvalue weighted by Crippen LogP contribution is 2.30. The van der Waals surface area contributed by atoms with E-state index in [1.807, 2.05) is 0 Å². The topological polar surface area (TPSA) is 78.0 Å². The number of halogens is 3. The molecule has 0 radical (unpaired) electrons. The van der Waals surface area contributed by atoms with Gasteiger partial charge < -0.3 is 0 Å². The second-order valence-electron chi connectivity index (χ2n) is 3.99.